The van der Waals surface area contributed by atoms with Crippen LogP contribution in [0.4, 0.5) is 0 Å². The van der Waals surface area contributed by atoms with Crippen LogP contribution in [0.25, 0.3) is 0 Å². The number of hydrogen-bond donors (Lipinski definition) is 1. The molecule has 1 aliphatic heterocycles. The minimum Gasteiger partial charge on any atom is -0.381 e. The molecule has 0 aromatic heterocycles. The summed E-state index contributed by atoms with van der Waals surface area (Å²) in [4.78, 5) is 2.48. The fourth-order valence-electron chi connectivity index (χ4n) is 2.55. The van der Waals surface area contributed by atoms with E-state index in [-0.39, 0.29) is 0 Å². The Labute approximate surface area is 107 Å². The maximum Gasteiger partial charge on any atom is 0.0521 e. The molecule has 0 aromatic rings. The molecule has 1 saturated heterocycles. The van der Waals surface area contributed by atoms with Gasteiger partial charge in [-0.25, -0.2) is 0 Å². The van der Waals surface area contributed by atoms with Crippen LogP contribution >= 0.6 is 0 Å². The normalized spacial score (nSPS) is 28.4. The van der Waals surface area contributed by atoms with Gasteiger partial charge < -0.3 is 15.0 Å². The predicted molar refractivity (Wildman–Crippen MR) is 73.3 cm³/mol. The first kappa shape index (κ1) is 14.9. The van der Waals surface area contributed by atoms with Gasteiger partial charge in [-0.2, -0.15) is 0 Å². The molecular weight excluding hydrogens is 212 g/mol. The molecule has 1 rings (SSSR count). The molecule has 3 nitrogen and oxygen atoms in total. The van der Waals surface area contributed by atoms with Gasteiger partial charge in [-0.1, -0.05) is 20.8 Å². The molecule has 102 valence electrons. The Hall–Kier alpha value is -0.120. The molecule has 3 atom stereocenters. The highest BCUT2D eigenvalue weighted by Crippen LogP contribution is 2.25. The molecule has 3 heteroatoms. The summed E-state index contributed by atoms with van der Waals surface area (Å²) in [7, 11) is 4.30. The lowest BCUT2D eigenvalue weighted by Gasteiger charge is -2.40. The molecule has 0 amide bonds. The molecule has 0 bridgehead atoms. The Kier molecular flexibility index (Phi) is 5.42. The highest BCUT2D eigenvalue weighted by Gasteiger charge is 2.29. The molecule has 0 saturated carbocycles. The van der Waals surface area contributed by atoms with Crippen molar-refractivity contribution in [2.45, 2.75) is 46.2 Å². The van der Waals surface area contributed by atoms with E-state index in [2.05, 4.69) is 52.0 Å². The first-order valence-electron chi connectivity index (χ1n) is 6.81. The third-order valence-corrected chi connectivity index (χ3v) is 4.28. The summed E-state index contributed by atoms with van der Waals surface area (Å²) in [5.41, 5.74) is 0.333. The van der Waals surface area contributed by atoms with Crippen molar-refractivity contribution in [3.05, 3.63) is 0 Å². The number of hydrogen-bond acceptors (Lipinski definition) is 3. The van der Waals surface area contributed by atoms with Gasteiger partial charge in [-0.3, -0.25) is 0 Å². The molecule has 1 N–H and O–H groups in total. The summed E-state index contributed by atoms with van der Waals surface area (Å²) in [6.07, 6.45) is 1.14. The standard InChI is InChI=1S/C14H30N2O/c1-11(14(2,3)4)16(6)9-12-10-17-8-7-13(12)15-5/h11-13,15H,7-10H2,1-6H3. The molecular formula is C14H30N2O. The zero-order valence-corrected chi connectivity index (χ0v) is 12.4. The van der Waals surface area contributed by atoms with E-state index in [4.69, 9.17) is 4.74 Å². The second-order valence-corrected chi connectivity index (χ2v) is 6.50. The molecule has 17 heavy (non-hydrogen) atoms. The van der Waals surface area contributed by atoms with Crippen molar-refractivity contribution < 1.29 is 4.74 Å². The van der Waals surface area contributed by atoms with Crippen LogP contribution in [0.1, 0.15) is 34.1 Å². The van der Waals surface area contributed by atoms with Crippen molar-refractivity contribution in [1.82, 2.24) is 10.2 Å². The highest BCUT2D eigenvalue weighted by molar-refractivity contribution is 4.84. The van der Waals surface area contributed by atoms with Gasteiger partial charge in [-0.05, 0) is 32.9 Å². The van der Waals surface area contributed by atoms with Crippen molar-refractivity contribution in [2.24, 2.45) is 11.3 Å². The van der Waals surface area contributed by atoms with Crippen molar-refractivity contribution in [3.63, 3.8) is 0 Å². The van der Waals surface area contributed by atoms with Crippen molar-refractivity contribution in [3.8, 4) is 0 Å². The Morgan fingerprint density at radius 3 is 2.59 bits per heavy atom. The summed E-state index contributed by atoms with van der Waals surface area (Å²) in [5.74, 6) is 0.614. The van der Waals surface area contributed by atoms with E-state index in [1.54, 1.807) is 0 Å². The zero-order chi connectivity index (χ0) is 13.1. The van der Waals surface area contributed by atoms with Gasteiger partial charge in [0, 0.05) is 31.2 Å². The van der Waals surface area contributed by atoms with E-state index >= 15 is 0 Å². The topological polar surface area (TPSA) is 24.5 Å². The maximum absolute atomic E-state index is 5.61. The van der Waals surface area contributed by atoms with Crippen LogP contribution in [-0.2, 0) is 4.74 Å². The second-order valence-electron chi connectivity index (χ2n) is 6.50. The third kappa shape index (κ3) is 4.23. The Morgan fingerprint density at radius 2 is 2.06 bits per heavy atom. The fourth-order valence-corrected chi connectivity index (χ4v) is 2.55. The maximum atomic E-state index is 5.61. The average Bonchev–Trinajstić information content (AvgIpc) is 2.27. The van der Waals surface area contributed by atoms with Gasteiger partial charge in [0.15, 0.2) is 0 Å². The van der Waals surface area contributed by atoms with Crippen molar-refractivity contribution in [2.75, 3.05) is 33.9 Å². The van der Waals surface area contributed by atoms with Gasteiger partial charge in [0.1, 0.15) is 0 Å². The van der Waals surface area contributed by atoms with Crippen LogP contribution in [-0.4, -0.2) is 50.8 Å². The minimum atomic E-state index is 0.333. The van der Waals surface area contributed by atoms with E-state index in [9.17, 15) is 0 Å². The first-order valence-corrected chi connectivity index (χ1v) is 6.81. The SMILES string of the molecule is CNC1CCOCC1CN(C)C(C)C(C)(C)C. The summed E-state index contributed by atoms with van der Waals surface area (Å²) in [6.45, 7) is 12.2. The number of nitrogens with one attached hydrogen (secondary N) is 1. The van der Waals surface area contributed by atoms with E-state index in [0.717, 1.165) is 26.2 Å². The Bertz CT molecular complexity index is 225. The Balaban J connectivity index is 2.51. The largest absolute Gasteiger partial charge is 0.381 e. The fraction of sp³-hybridized carbons (Fsp3) is 1.00. The monoisotopic (exact) mass is 242 g/mol. The molecule has 1 heterocycles. The van der Waals surface area contributed by atoms with E-state index < -0.39 is 0 Å². The van der Waals surface area contributed by atoms with Crippen LogP contribution < -0.4 is 5.32 Å². The lowest BCUT2D eigenvalue weighted by atomic mass is 9.86. The quantitative estimate of drug-likeness (QED) is 0.816. The molecule has 0 aromatic carbocycles. The van der Waals surface area contributed by atoms with Crippen LogP contribution in [0.2, 0.25) is 0 Å². The molecule has 1 fully saturated rings. The molecule has 1 aliphatic rings. The number of nitrogens with zero attached hydrogens (tertiary/aromatic N) is 1. The molecule has 0 aliphatic carbocycles. The summed E-state index contributed by atoms with van der Waals surface area (Å²) in [6, 6.07) is 1.19. The van der Waals surface area contributed by atoms with Gasteiger partial charge >= 0.3 is 0 Å². The minimum absolute atomic E-state index is 0.333. The number of rotatable bonds is 4. The van der Waals surface area contributed by atoms with Gasteiger partial charge in [0.05, 0.1) is 6.61 Å². The van der Waals surface area contributed by atoms with Crippen molar-refractivity contribution >= 4 is 0 Å². The lowest BCUT2D eigenvalue weighted by molar-refractivity contribution is 0.00910. The van der Waals surface area contributed by atoms with Crippen LogP contribution in [0.15, 0.2) is 0 Å². The zero-order valence-electron chi connectivity index (χ0n) is 12.4. The van der Waals surface area contributed by atoms with Crippen LogP contribution in [0.5, 0.6) is 0 Å². The lowest BCUT2D eigenvalue weighted by Crippen LogP contribution is -2.49. The summed E-state index contributed by atoms with van der Waals surface area (Å²) >= 11 is 0. The first-order chi connectivity index (χ1) is 7.86. The van der Waals surface area contributed by atoms with Gasteiger partial charge in [0.25, 0.3) is 0 Å². The smallest absolute Gasteiger partial charge is 0.0521 e. The number of ether oxygens (including phenoxy) is 1. The van der Waals surface area contributed by atoms with Crippen LogP contribution in [0.3, 0.4) is 0 Å². The van der Waals surface area contributed by atoms with Crippen LogP contribution in [0, 0.1) is 11.3 Å². The summed E-state index contributed by atoms with van der Waals surface area (Å²) in [5, 5.41) is 3.43. The van der Waals surface area contributed by atoms with E-state index in [1.807, 2.05) is 0 Å². The highest BCUT2D eigenvalue weighted by atomic mass is 16.5. The van der Waals surface area contributed by atoms with Gasteiger partial charge in [0.2, 0.25) is 0 Å². The molecule has 0 radical (unpaired) electrons. The average molecular weight is 242 g/mol. The Morgan fingerprint density at radius 1 is 1.41 bits per heavy atom. The summed E-state index contributed by atoms with van der Waals surface area (Å²) < 4.78 is 5.61. The van der Waals surface area contributed by atoms with E-state index in [0.29, 0.717) is 23.4 Å². The molecule has 0 spiro atoms. The third-order valence-electron chi connectivity index (χ3n) is 4.28. The predicted octanol–water partition coefficient (Wildman–Crippen LogP) is 1.98. The van der Waals surface area contributed by atoms with Gasteiger partial charge in [-0.15, -0.1) is 0 Å². The van der Waals surface area contributed by atoms with Crippen molar-refractivity contribution in [1.29, 1.82) is 0 Å². The van der Waals surface area contributed by atoms with E-state index in [1.165, 1.54) is 0 Å². The second kappa shape index (κ2) is 6.17. The molecule has 3 unspecified atom stereocenters.